The Bertz CT molecular complexity index is 769. The van der Waals surface area contributed by atoms with Gasteiger partial charge >= 0.3 is 5.97 Å². The number of carbonyl (C=O) groups excluding carboxylic acids is 2. The van der Waals surface area contributed by atoms with Crippen LogP contribution in [0.1, 0.15) is 29.8 Å². The third kappa shape index (κ3) is 6.38. The minimum Gasteiger partial charge on any atom is -0.464 e. The number of ether oxygens (including phenoxy) is 2. The van der Waals surface area contributed by atoms with Gasteiger partial charge in [-0.05, 0) is 29.7 Å². The van der Waals surface area contributed by atoms with Crippen molar-refractivity contribution >= 4 is 11.9 Å². The third-order valence-electron chi connectivity index (χ3n) is 3.96. The van der Waals surface area contributed by atoms with Gasteiger partial charge in [0.05, 0.1) is 19.8 Å². The van der Waals surface area contributed by atoms with Gasteiger partial charge in [0.1, 0.15) is 5.70 Å². The summed E-state index contributed by atoms with van der Waals surface area (Å²) in [5, 5.41) is 2.64. The lowest BCUT2D eigenvalue weighted by molar-refractivity contribution is -0.136. The van der Waals surface area contributed by atoms with E-state index in [2.05, 4.69) is 5.32 Å². The van der Waals surface area contributed by atoms with Crippen LogP contribution in [0, 0.1) is 5.92 Å². The molecule has 0 aliphatic carbocycles. The molecule has 2 rings (SSSR count). The zero-order chi connectivity index (χ0) is 19.6. The van der Waals surface area contributed by atoms with E-state index in [0.717, 1.165) is 5.56 Å². The molecule has 1 amide bonds. The summed E-state index contributed by atoms with van der Waals surface area (Å²) in [4.78, 5) is 24.6. The number of hydrogen-bond acceptors (Lipinski definition) is 4. The van der Waals surface area contributed by atoms with Gasteiger partial charge in [-0.3, -0.25) is 4.79 Å². The fraction of sp³-hybridized carbons (Fsp3) is 0.273. The zero-order valence-electron chi connectivity index (χ0n) is 15.8. The van der Waals surface area contributed by atoms with Gasteiger partial charge in [0.25, 0.3) is 5.91 Å². The summed E-state index contributed by atoms with van der Waals surface area (Å²) in [6, 6.07) is 18.5. The lowest BCUT2D eigenvalue weighted by atomic mass is 10.1. The molecule has 142 valence electrons. The molecule has 0 unspecified atom stereocenters. The van der Waals surface area contributed by atoms with Crippen LogP contribution < -0.4 is 5.32 Å². The minimum atomic E-state index is -0.617. The molecule has 0 aliphatic heterocycles. The number of hydrogen-bond donors (Lipinski definition) is 1. The Morgan fingerprint density at radius 1 is 1.00 bits per heavy atom. The van der Waals surface area contributed by atoms with Crippen molar-refractivity contribution in [1.29, 1.82) is 0 Å². The second kappa shape index (κ2) is 10.3. The number of carbonyl (C=O) groups is 2. The predicted octanol–water partition coefficient (Wildman–Crippen LogP) is 3.71. The Morgan fingerprint density at radius 3 is 2.15 bits per heavy atom. The molecule has 0 spiro atoms. The largest absolute Gasteiger partial charge is 0.464 e. The molecule has 0 aliphatic rings. The summed E-state index contributed by atoms with van der Waals surface area (Å²) in [5.41, 5.74) is 1.56. The van der Waals surface area contributed by atoms with Gasteiger partial charge in [-0.2, -0.15) is 0 Å². The molecule has 5 heteroatoms. The number of methoxy groups -OCH3 is 1. The predicted molar refractivity (Wildman–Crippen MR) is 104 cm³/mol. The first-order chi connectivity index (χ1) is 13.0. The molecule has 0 aromatic heterocycles. The normalized spacial score (nSPS) is 12.5. The average molecular weight is 367 g/mol. The lowest BCUT2D eigenvalue weighted by Crippen LogP contribution is -2.30. The first-order valence-corrected chi connectivity index (χ1v) is 8.83. The monoisotopic (exact) mass is 367 g/mol. The van der Waals surface area contributed by atoms with E-state index in [1.165, 1.54) is 7.11 Å². The van der Waals surface area contributed by atoms with Gasteiger partial charge in [-0.1, -0.05) is 62.4 Å². The fourth-order valence-electron chi connectivity index (χ4n) is 2.42. The SMILES string of the molecule is COC(=O)/C(=C\[C@@H](OCc1ccccc1)C(C)C)NC(=O)c1ccccc1. The van der Waals surface area contributed by atoms with Gasteiger partial charge in [-0.15, -0.1) is 0 Å². The van der Waals surface area contributed by atoms with Gasteiger partial charge in [0.2, 0.25) is 0 Å². The highest BCUT2D eigenvalue weighted by Crippen LogP contribution is 2.14. The van der Waals surface area contributed by atoms with Crippen molar-refractivity contribution in [3.05, 3.63) is 83.6 Å². The molecule has 2 aromatic carbocycles. The highest BCUT2D eigenvalue weighted by molar-refractivity contribution is 6.01. The molecule has 0 radical (unpaired) electrons. The minimum absolute atomic E-state index is 0.0677. The van der Waals surface area contributed by atoms with Crippen LogP contribution in [-0.2, 0) is 20.9 Å². The maximum Gasteiger partial charge on any atom is 0.354 e. The van der Waals surface area contributed by atoms with Crippen LogP contribution in [0.5, 0.6) is 0 Å². The lowest BCUT2D eigenvalue weighted by Gasteiger charge is -2.20. The zero-order valence-corrected chi connectivity index (χ0v) is 15.8. The van der Waals surface area contributed by atoms with Crippen LogP contribution in [-0.4, -0.2) is 25.1 Å². The quantitative estimate of drug-likeness (QED) is 0.571. The highest BCUT2D eigenvalue weighted by Gasteiger charge is 2.19. The number of nitrogens with one attached hydrogen (secondary N) is 1. The average Bonchev–Trinajstić information content (AvgIpc) is 2.70. The van der Waals surface area contributed by atoms with Crippen LogP contribution in [0.3, 0.4) is 0 Å². The number of amides is 1. The van der Waals surface area contributed by atoms with E-state index >= 15 is 0 Å². The first-order valence-electron chi connectivity index (χ1n) is 8.83. The van der Waals surface area contributed by atoms with Crippen molar-refractivity contribution in [2.24, 2.45) is 5.92 Å². The van der Waals surface area contributed by atoms with Gasteiger partial charge in [-0.25, -0.2) is 4.79 Å². The summed E-state index contributed by atoms with van der Waals surface area (Å²) in [5.74, 6) is -0.895. The molecule has 0 bridgehead atoms. The Labute approximate surface area is 160 Å². The van der Waals surface area contributed by atoms with Gasteiger partial charge in [0, 0.05) is 5.56 Å². The number of benzene rings is 2. The Balaban J connectivity index is 2.16. The second-order valence-electron chi connectivity index (χ2n) is 6.40. The van der Waals surface area contributed by atoms with E-state index < -0.39 is 5.97 Å². The van der Waals surface area contributed by atoms with Gasteiger partial charge in [0.15, 0.2) is 0 Å². The molecule has 0 heterocycles. The van der Waals surface area contributed by atoms with E-state index in [1.807, 2.05) is 50.2 Å². The molecule has 1 N–H and O–H groups in total. The second-order valence-corrected chi connectivity index (χ2v) is 6.40. The Morgan fingerprint density at radius 2 is 1.59 bits per heavy atom. The van der Waals surface area contributed by atoms with Crippen molar-refractivity contribution in [3.63, 3.8) is 0 Å². The summed E-state index contributed by atoms with van der Waals surface area (Å²) in [6.07, 6.45) is 1.25. The van der Waals surface area contributed by atoms with E-state index in [1.54, 1.807) is 30.3 Å². The van der Waals surface area contributed by atoms with Crippen molar-refractivity contribution in [3.8, 4) is 0 Å². The van der Waals surface area contributed by atoms with Gasteiger partial charge < -0.3 is 14.8 Å². The molecule has 1 atom stereocenters. The highest BCUT2D eigenvalue weighted by atomic mass is 16.5. The molecule has 2 aromatic rings. The van der Waals surface area contributed by atoms with Crippen LogP contribution in [0.15, 0.2) is 72.4 Å². The molecule has 0 saturated heterocycles. The van der Waals surface area contributed by atoms with Crippen molar-refractivity contribution in [2.75, 3.05) is 7.11 Å². The maximum atomic E-state index is 12.4. The van der Waals surface area contributed by atoms with E-state index in [-0.39, 0.29) is 23.6 Å². The molecule has 5 nitrogen and oxygen atoms in total. The fourth-order valence-corrected chi connectivity index (χ4v) is 2.42. The van der Waals surface area contributed by atoms with E-state index in [9.17, 15) is 9.59 Å². The van der Waals surface area contributed by atoms with Crippen molar-refractivity contribution in [1.82, 2.24) is 5.32 Å². The molecular formula is C22H25NO4. The van der Waals surface area contributed by atoms with Crippen molar-refractivity contribution in [2.45, 2.75) is 26.6 Å². The Hall–Kier alpha value is -2.92. The summed E-state index contributed by atoms with van der Waals surface area (Å²) in [6.45, 7) is 4.38. The van der Waals surface area contributed by atoms with E-state index in [0.29, 0.717) is 12.2 Å². The third-order valence-corrected chi connectivity index (χ3v) is 3.96. The molecule has 0 fully saturated rings. The molecule has 27 heavy (non-hydrogen) atoms. The van der Waals surface area contributed by atoms with E-state index in [4.69, 9.17) is 9.47 Å². The number of esters is 1. The van der Waals surface area contributed by atoms with Crippen LogP contribution in [0.25, 0.3) is 0 Å². The smallest absolute Gasteiger partial charge is 0.354 e. The maximum absolute atomic E-state index is 12.4. The van der Waals surface area contributed by atoms with Crippen molar-refractivity contribution < 1.29 is 19.1 Å². The first kappa shape index (κ1) is 20.4. The van der Waals surface area contributed by atoms with Crippen LogP contribution >= 0.6 is 0 Å². The topological polar surface area (TPSA) is 64.6 Å². The standard InChI is InChI=1S/C22H25NO4/c1-16(2)20(27-15-17-10-6-4-7-11-17)14-19(22(25)26-3)23-21(24)18-12-8-5-9-13-18/h4-14,16,20H,15H2,1-3H3,(H,23,24)/b19-14+/t20-/m1/s1. The van der Waals surface area contributed by atoms with Crippen LogP contribution in [0.4, 0.5) is 0 Å². The van der Waals surface area contributed by atoms with Crippen LogP contribution in [0.2, 0.25) is 0 Å². The molecule has 0 saturated carbocycles. The summed E-state index contributed by atoms with van der Waals surface area (Å²) in [7, 11) is 1.28. The Kier molecular flexibility index (Phi) is 7.77. The summed E-state index contributed by atoms with van der Waals surface area (Å²) >= 11 is 0. The molecular weight excluding hydrogens is 342 g/mol. The summed E-state index contributed by atoms with van der Waals surface area (Å²) < 4.78 is 10.8. The number of rotatable bonds is 8.